The van der Waals surface area contributed by atoms with Crippen molar-refractivity contribution in [2.24, 2.45) is 0 Å². The molecule has 0 bridgehead atoms. The zero-order chi connectivity index (χ0) is 13.7. The molecule has 19 heavy (non-hydrogen) atoms. The van der Waals surface area contributed by atoms with Crippen molar-refractivity contribution in [1.29, 1.82) is 0 Å². The lowest BCUT2D eigenvalue weighted by Gasteiger charge is -2.04. The summed E-state index contributed by atoms with van der Waals surface area (Å²) in [7, 11) is 0. The SMILES string of the molecule is CCc1cccc(C(=O)OC(=O)c2ccccc2)c1. The molecule has 0 saturated heterocycles. The van der Waals surface area contributed by atoms with Crippen LogP contribution in [0, 0.1) is 0 Å². The van der Waals surface area contributed by atoms with Crippen LogP contribution < -0.4 is 0 Å². The Morgan fingerprint density at radius 3 is 2.21 bits per heavy atom. The van der Waals surface area contributed by atoms with Gasteiger partial charge in [-0.2, -0.15) is 0 Å². The summed E-state index contributed by atoms with van der Waals surface area (Å²) in [6, 6.07) is 15.5. The molecule has 0 fully saturated rings. The molecule has 2 aromatic rings. The number of hydrogen-bond donors (Lipinski definition) is 0. The fourth-order valence-electron chi connectivity index (χ4n) is 1.69. The first-order valence-electron chi connectivity index (χ1n) is 6.11. The van der Waals surface area contributed by atoms with Gasteiger partial charge in [-0.1, -0.05) is 37.3 Å². The van der Waals surface area contributed by atoms with E-state index in [0.29, 0.717) is 11.1 Å². The van der Waals surface area contributed by atoms with Crippen LogP contribution in [-0.2, 0) is 11.2 Å². The van der Waals surface area contributed by atoms with Crippen LogP contribution in [0.1, 0.15) is 33.2 Å². The Hall–Kier alpha value is -2.42. The molecular weight excluding hydrogens is 240 g/mol. The highest BCUT2D eigenvalue weighted by molar-refractivity contribution is 6.02. The highest BCUT2D eigenvalue weighted by Gasteiger charge is 2.14. The van der Waals surface area contributed by atoms with Crippen LogP contribution in [0.25, 0.3) is 0 Å². The first kappa shape index (κ1) is 13.0. The van der Waals surface area contributed by atoms with E-state index in [1.807, 2.05) is 13.0 Å². The molecule has 3 heteroatoms. The van der Waals surface area contributed by atoms with Crippen molar-refractivity contribution in [1.82, 2.24) is 0 Å². The molecule has 3 nitrogen and oxygen atoms in total. The van der Waals surface area contributed by atoms with E-state index in [2.05, 4.69) is 0 Å². The highest BCUT2D eigenvalue weighted by Crippen LogP contribution is 2.09. The molecule has 0 aliphatic rings. The standard InChI is InChI=1S/C16H14O3/c1-2-12-7-6-10-14(11-12)16(18)19-15(17)13-8-4-3-5-9-13/h3-11H,2H2,1H3. The fourth-order valence-corrected chi connectivity index (χ4v) is 1.69. The fraction of sp³-hybridized carbons (Fsp3) is 0.125. The molecule has 2 aromatic carbocycles. The Balaban J connectivity index is 2.11. The monoisotopic (exact) mass is 254 g/mol. The smallest absolute Gasteiger partial charge is 0.346 e. The largest absolute Gasteiger partial charge is 0.386 e. The molecule has 0 radical (unpaired) electrons. The van der Waals surface area contributed by atoms with Gasteiger partial charge in [0.05, 0.1) is 11.1 Å². The van der Waals surface area contributed by atoms with Crippen molar-refractivity contribution in [3.05, 3.63) is 71.3 Å². The van der Waals surface area contributed by atoms with Crippen molar-refractivity contribution in [2.45, 2.75) is 13.3 Å². The van der Waals surface area contributed by atoms with Gasteiger partial charge in [-0.05, 0) is 36.2 Å². The second-order valence-corrected chi connectivity index (χ2v) is 4.10. The summed E-state index contributed by atoms with van der Waals surface area (Å²) < 4.78 is 4.84. The highest BCUT2D eigenvalue weighted by atomic mass is 16.6. The Labute approximate surface area is 111 Å². The Morgan fingerprint density at radius 1 is 0.895 bits per heavy atom. The zero-order valence-corrected chi connectivity index (χ0v) is 10.6. The molecule has 0 N–H and O–H groups in total. The minimum atomic E-state index is -0.632. The number of ether oxygens (including phenoxy) is 1. The molecule has 0 amide bonds. The van der Waals surface area contributed by atoms with E-state index >= 15 is 0 Å². The molecule has 0 heterocycles. The first-order chi connectivity index (χ1) is 9.20. The summed E-state index contributed by atoms with van der Waals surface area (Å²) >= 11 is 0. The number of esters is 2. The van der Waals surface area contributed by atoms with E-state index in [-0.39, 0.29) is 0 Å². The van der Waals surface area contributed by atoms with E-state index in [0.717, 1.165) is 12.0 Å². The minimum absolute atomic E-state index is 0.363. The van der Waals surface area contributed by atoms with E-state index in [1.54, 1.807) is 48.5 Å². The third-order valence-electron chi connectivity index (χ3n) is 2.77. The predicted octanol–water partition coefficient (Wildman–Crippen LogP) is 3.25. The second-order valence-electron chi connectivity index (χ2n) is 4.10. The van der Waals surface area contributed by atoms with Crippen LogP contribution in [-0.4, -0.2) is 11.9 Å². The van der Waals surface area contributed by atoms with Crippen molar-refractivity contribution in [2.75, 3.05) is 0 Å². The number of benzene rings is 2. The third-order valence-corrected chi connectivity index (χ3v) is 2.77. The third kappa shape index (κ3) is 3.28. The van der Waals surface area contributed by atoms with E-state index in [4.69, 9.17) is 4.74 Å². The molecule has 0 atom stereocenters. The number of carbonyl (C=O) groups is 2. The van der Waals surface area contributed by atoms with Crippen LogP contribution in [0.3, 0.4) is 0 Å². The van der Waals surface area contributed by atoms with Crippen LogP contribution in [0.5, 0.6) is 0 Å². The van der Waals surface area contributed by atoms with Gasteiger partial charge in [0, 0.05) is 0 Å². The molecule has 0 saturated carbocycles. The zero-order valence-electron chi connectivity index (χ0n) is 10.6. The van der Waals surface area contributed by atoms with E-state index < -0.39 is 11.9 Å². The molecule has 0 aromatic heterocycles. The summed E-state index contributed by atoms with van der Waals surface area (Å²) in [5.41, 5.74) is 1.78. The maximum absolute atomic E-state index is 11.9. The normalized spacial score (nSPS) is 9.95. The van der Waals surface area contributed by atoms with Crippen LogP contribution in [0.2, 0.25) is 0 Å². The minimum Gasteiger partial charge on any atom is -0.386 e. The van der Waals surface area contributed by atoms with Gasteiger partial charge in [-0.3, -0.25) is 0 Å². The number of hydrogen-bond acceptors (Lipinski definition) is 3. The predicted molar refractivity (Wildman–Crippen MR) is 72.0 cm³/mol. The lowest BCUT2D eigenvalue weighted by molar-refractivity contribution is 0.0397. The maximum atomic E-state index is 11.9. The summed E-state index contributed by atoms with van der Waals surface area (Å²) in [4.78, 5) is 23.6. The van der Waals surface area contributed by atoms with Gasteiger partial charge in [0.2, 0.25) is 0 Å². The summed E-state index contributed by atoms with van der Waals surface area (Å²) in [5.74, 6) is -1.25. The van der Waals surface area contributed by atoms with Crippen LogP contribution in [0.4, 0.5) is 0 Å². The number of aryl methyl sites for hydroxylation is 1. The van der Waals surface area contributed by atoms with Crippen LogP contribution in [0.15, 0.2) is 54.6 Å². The molecule has 0 spiro atoms. The van der Waals surface area contributed by atoms with Gasteiger partial charge in [0.1, 0.15) is 0 Å². The van der Waals surface area contributed by atoms with Gasteiger partial charge in [0.25, 0.3) is 0 Å². The summed E-state index contributed by atoms with van der Waals surface area (Å²) in [6.07, 6.45) is 0.827. The van der Waals surface area contributed by atoms with Crippen molar-refractivity contribution < 1.29 is 14.3 Å². The van der Waals surface area contributed by atoms with Gasteiger partial charge >= 0.3 is 11.9 Å². The van der Waals surface area contributed by atoms with Gasteiger partial charge in [0.15, 0.2) is 0 Å². The summed E-state index contributed by atoms with van der Waals surface area (Å²) in [6.45, 7) is 2.00. The number of carbonyl (C=O) groups excluding carboxylic acids is 2. The van der Waals surface area contributed by atoms with E-state index in [9.17, 15) is 9.59 Å². The quantitative estimate of drug-likeness (QED) is 0.623. The lowest BCUT2D eigenvalue weighted by Crippen LogP contribution is -2.12. The van der Waals surface area contributed by atoms with Gasteiger partial charge < -0.3 is 4.74 Å². The first-order valence-corrected chi connectivity index (χ1v) is 6.11. The average molecular weight is 254 g/mol. The molecular formula is C16H14O3. The maximum Gasteiger partial charge on any atom is 0.346 e. The topological polar surface area (TPSA) is 43.4 Å². The lowest BCUT2D eigenvalue weighted by atomic mass is 10.1. The Bertz CT molecular complexity index is 588. The van der Waals surface area contributed by atoms with E-state index in [1.165, 1.54) is 0 Å². The Kier molecular flexibility index (Phi) is 4.08. The van der Waals surface area contributed by atoms with Gasteiger partial charge in [-0.15, -0.1) is 0 Å². The molecule has 0 aliphatic heterocycles. The molecule has 0 unspecified atom stereocenters. The molecule has 2 rings (SSSR count). The Morgan fingerprint density at radius 2 is 1.53 bits per heavy atom. The molecule has 96 valence electrons. The van der Waals surface area contributed by atoms with Gasteiger partial charge in [-0.25, -0.2) is 9.59 Å². The summed E-state index contributed by atoms with van der Waals surface area (Å²) in [5, 5.41) is 0. The van der Waals surface area contributed by atoms with Crippen molar-refractivity contribution in [3.8, 4) is 0 Å². The average Bonchev–Trinajstić information content (AvgIpc) is 2.48. The van der Waals surface area contributed by atoms with Crippen LogP contribution >= 0.6 is 0 Å². The molecule has 0 aliphatic carbocycles. The van der Waals surface area contributed by atoms with Crippen molar-refractivity contribution >= 4 is 11.9 Å². The second kappa shape index (κ2) is 5.96. The van der Waals surface area contributed by atoms with Crippen molar-refractivity contribution in [3.63, 3.8) is 0 Å². The number of rotatable bonds is 3.